The van der Waals surface area contributed by atoms with E-state index in [-0.39, 0.29) is 11.8 Å². The van der Waals surface area contributed by atoms with E-state index in [0.717, 1.165) is 12.8 Å². The Hall–Kier alpha value is -1.68. The molecule has 1 unspecified atom stereocenters. The Morgan fingerprint density at radius 1 is 1.22 bits per heavy atom. The molecule has 0 aromatic carbocycles. The van der Waals surface area contributed by atoms with E-state index in [4.69, 9.17) is 9.84 Å². The number of hydrogen-bond donors (Lipinski definition) is 6. The first-order valence-electron chi connectivity index (χ1n) is 9.18. The van der Waals surface area contributed by atoms with E-state index in [1.165, 1.54) is 13.0 Å². The van der Waals surface area contributed by atoms with Crippen molar-refractivity contribution < 1.29 is 34.8 Å². The molecule has 9 nitrogen and oxygen atoms in total. The van der Waals surface area contributed by atoms with Gasteiger partial charge in [-0.1, -0.05) is 13.8 Å². The van der Waals surface area contributed by atoms with Gasteiger partial charge in [0, 0.05) is 13.0 Å². The number of aliphatic carboxylic acids is 1. The van der Waals surface area contributed by atoms with Gasteiger partial charge in [-0.15, -0.1) is 0 Å². The third kappa shape index (κ3) is 7.10. The van der Waals surface area contributed by atoms with E-state index in [0.29, 0.717) is 5.92 Å². The molecule has 6 N–H and O–H groups in total. The molecule has 0 aromatic heterocycles. The average molecular weight is 388 g/mol. The molecule has 0 fully saturated rings. The number of ether oxygens (including phenoxy) is 1. The van der Waals surface area contributed by atoms with Crippen LogP contribution >= 0.6 is 0 Å². The fourth-order valence-corrected chi connectivity index (χ4v) is 3.01. The number of carboxylic acid groups (broad SMARTS) is 1. The number of carbonyl (C=O) groups is 2. The first kappa shape index (κ1) is 23.4. The predicted molar refractivity (Wildman–Crippen MR) is 97.8 cm³/mol. The fraction of sp³-hybridized carbons (Fsp3) is 0.778. The van der Waals surface area contributed by atoms with Crippen molar-refractivity contribution in [2.45, 2.75) is 77.0 Å². The van der Waals surface area contributed by atoms with Crippen LogP contribution in [0.25, 0.3) is 0 Å². The molecule has 1 aliphatic rings. The molecular formula is C18H32N2O7. The normalized spacial score (nSPS) is 25.9. The molecule has 27 heavy (non-hydrogen) atoms. The molecule has 0 saturated heterocycles. The molecule has 0 spiro atoms. The number of nitrogens with one attached hydrogen (secondary N) is 2. The lowest BCUT2D eigenvalue weighted by molar-refractivity contribution is -0.146. The summed E-state index contributed by atoms with van der Waals surface area (Å²) in [6, 6.07) is -1.46. The maximum atomic E-state index is 11.7. The Labute approximate surface area is 159 Å². The van der Waals surface area contributed by atoms with E-state index >= 15 is 0 Å². The van der Waals surface area contributed by atoms with Crippen LogP contribution < -0.4 is 10.6 Å². The predicted octanol–water partition coefficient (Wildman–Crippen LogP) is -0.645. The van der Waals surface area contributed by atoms with Crippen molar-refractivity contribution in [3.63, 3.8) is 0 Å². The minimum Gasteiger partial charge on any atom is -0.478 e. The van der Waals surface area contributed by atoms with Crippen LogP contribution in [0.15, 0.2) is 11.8 Å². The lowest BCUT2D eigenvalue weighted by Crippen LogP contribution is -2.63. The molecule has 0 saturated carbocycles. The van der Waals surface area contributed by atoms with Gasteiger partial charge >= 0.3 is 5.97 Å². The molecule has 1 heterocycles. The van der Waals surface area contributed by atoms with Crippen LogP contribution in [0.4, 0.5) is 0 Å². The van der Waals surface area contributed by atoms with Gasteiger partial charge in [0.1, 0.15) is 18.3 Å². The van der Waals surface area contributed by atoms with Crippen molar-refractivity contribution in [2.75, 3.05) is 6.61 Å². The van der Waals surface area contributed by atoms with Crippen LogP contribution in [0.1, 0.15) is 40.5 Å². The van der Waals surface area contributed by atoms with E-state index in [9.17, 15) is 24.9 Å². The molecule has 1 rings (SSSR count). The third-order valence-electron chi connectivity index (χ3n) is 4.49. The second kappa shape index (κ2) is 10.6. The number of rotatable bonds is 10. The highest BCUT2D eigenvalue weighted by Gasteiger charge is 2.43. The molecule has 6 atom stereocenters. The standard InChI is InChI=1S/C18H32N2O7/c1-9(2)5-6-10(3)19-12-7-14(18(25)26)27-17(15(12)20-11(4)22)16(24)13(23)8-21/h7,9-10,12-13,15-17,19,21,23-24H,5-6,8H2,1-4H3,(H,20,22)(H,25,26)/t10?,12-,13+,15+,16+,17+/m0/s1. The topological polar surface area (TPSA) is 148 Å². The SMILES string of the molecule is CC(=O)N[C@H]1[C@H]([C@H](O)[C@H](O)CO)OC(C(=O)O)=C[C@@H]1NC(C)CCC(C)C. The minimum atomic E-state index is -1.59. The second-order valence-electron chi connectivity index (χ2n) is 7.45. The molecule has 9 heteroatoms. The highest BCUT2D eigenvalue weighted by atomic mass is 16.5. The van der Waals surface area contributed by atoms with Crippen molar-refractivity contribution in [2.24, 2.45) is 5.92 Å². The molecule has 0 radical (unpaired) electrons. The van der Waals surface area contributed by atoms with Gasteiger partial charge in [-0.05, 0) is 31.8 Å². The van der Waals surface area contributed by atoms with E-state index in [1.54, 1.807) is 0 Å². The smallest absolute Gasteiger partial charge is 0.370 e. The molecule has 0 bridgehead atoms. The van der Waals surface area contributed by atoms with Gasteiger partial charge < -0.3 is 35.8 Å². The maximum Gasteiger partial charge on any atom is 0.370 e. The molecule has 156 valence electrons. The summed E-state index contributed by atoms with van der Waals surface area (Å²) in [7, 11) is 0. The quantitative estimate of drug-likeness (QED) is 0.289. The molecule has 0 aromatic rings. The molecule has 1 aliphatic heterocycles. The first-order valence-corrected chi connectivity index (χ1v) is 9.18. The Balaban J connectivity index is 3.12. The van der Waals surface area contributed by atoms with Crippen LogP contribution in [0.5, 0.6) is 0 Å². The van der Waals surface area contributed by atoms with Crippen molar-refractivity contribution >= 4 is 11.9 Å². The van der Waals surface area contributed by atoms with Gasteiger partial charge in [0.25, 0.3) is 0 Å². The zero-order chi connectivity index (χ0) is 20.7. The summed E-state index contributed by atoms with van der Waals surface area (Å²) in [6.45, 7) is 6.72. The summed E-state index contributed by atoms with van der Waals surface area (Å²) in [6.07, 6.45) is -1.23. The van der Waals surface area contributed by atoms with Crippen LogP contribution in [0, 0.1) is 5.92 Å². The van der Waals surface area contributed by atoms with Gasteiger partial charge in [-0.3, -0.25) is 4.79 Å². The van der Waals surface area contributed by atoms with Crippen LogP contribution in [-0.4, -0.2) is 75.3 Å². The fourth-order valence-electron chi connectivity index (χ4n) is 3.01. The van der Waals surface area contributed by atoms with Gasteiger partial charge in [0.2, 0.25) is 11.7 Å². The zero-order valence-electron chi connectivity index (χ0n) is 16.3. The number of amides is 1. The number of aliphatic hydroxyl groups excluding tert-OH is 3. The largest absolute Gasteiger partial charge is 0.478 e. The number of aliphatic hydroxyl groups is 3. The van der Waals surface area contributed by atoms with Gasteiger partial charge in [0.15, 0.2) is 0 Å². The summed E-state index contributed by atoms with van der Waals surface area (Å²) >= 11 is 0. The maximum absolute atomic E-state index is 11.7. The highest BCUT2D eigenvalue weighted by Crippen LogP contribution is 2.24. The van der Waals surface area contributed by atoms with Crippen LogP contribution in [-0.2, 0) is 14.3 Å². The molecule has 0 aliphatic carbocycles. The highest BCUT2D eigenvalue weighted by molar-refractivity contribution is 5.84. The van der Waals surface area contributed by atoms with E-state index < -0.39 is 48.9 Å². The first-order chi connectivity index (χ1) is 12.6. The number of hydrogen-bond acceptors (Lipinski definition) is 7. The van der Waals surface area contributed by atoms with Crippen molar-refractivity contribution in [3.05, 3.63) is 11.8 Å². The van der Waals surface area contributed by atoms with Gasteiger partial charge in [-0.2, -0.15) is 0 Å². The van der Waals surface area contributed by atoms with Gasteiger partial charge in [0.05, 0.1) is 18.7 Å². The molecule has 1 amide bonds. The zero-order valence-corrected chi connectivity index (χ0v) is 16.3. The average Bonchev–Trinajstić information content (AvgIpc) is 2.59. The Bertz CT molecular complexity index is 538. The van der Waals surface area contributed by atoms with Crippen molar-refractivity contribution in [3.8, 4) is 0 Å². The van der Waals surface area contributed by atoms with Crippen LogP contribution in [0.3, 0.4) is 0 Å². The summed E-state index contributed by atoms with van der Waals surface area (Å²) in [4.78, 5) is 23.1. The van der Waals surface area contributed by atoms with E-state index in [1.807, 2.05) is 6.92 Å². The van der Waals surface area contributed by atoms with Crippen molar-refractivity contribution in [1.29, 1.82) is 0 Å². The monoisotopic (exact) mass is 388 g/mol. The van der Waals surface area contributed by atoms with E-state index in [2.05, 4.69) is 24.5 Å². The third-order valence-corrected chi connectivity index (χ3v) is 4.49. The summed E-state index contributed by atoms with van der Waals surface area (Å²) in [5, 5.41) is 44.5. The van der Waals surface area contributed by atoms with Crippen LogP contribution in [0.2, 0.25) is 0 Å². The Kier molecular flexibility index (Phi) is 9.17. The molecular weight excluding hydrogens is 356 g/mol. The van der Waals surface area contributed by atoms with Crippen molar-refractivity contribution in [1.82, 2.24) is 10.6 Å². The Morgan fingerprint density at radius 2 is 1.85 bits per heavy atom. The lowest BCUT2D eigenvalue weighted by Gasteiger charge is -2.41. The number of carboxylic acids is 1. The minimum absolute atomic E-state index is 0.0126. The summed E-state index contributed by atoms with van der Waals surface area (Å²) < 4.78 is 5.34. The second-order valence-corrected chi connectivity index (χ2v) is 7.45. The summed E-state index contributed by atoms with van der Waals surface area (Å²) in [5.74, 6) is -1.60. The Morgan fingerprint density at radius 3 is 2.33 bits per heavy atom. The van der Waals surface area contributed by atoms with Gasteiger partial charge in [-0.25, -0.2) is 4.79 Å². The number of carbonyl (C=O) groups excluding carboxylic acids is 1. The lowest BCUT2D eigenvalue weighted by atomic mass is 9.91. The summed E-state index contributed by atoms with van der Waals surface area (Å²) in [5.41, 5.74) is 0.